The Morgan fingerprint density at radius 3 is 1.48 bits per heavy atom. The van der Waals surface area contributed by atoms with Gasteiger partial charge in [0.05, 0.1) is 22.8 Å². The maximum Gasteiger partial charge on any atom is 0.160 e. The smallest absolute Gasteiger partial charge is 0.160 e. The Kier molecular flexibility index (Phi) is 7.08. The minimum Gasteiger partial charge on any atom is -0.308 e. The average Bonchev–Trinajstić information content (AvgIpc) is 3.16. The number of rotatable bonds is 4. The van der Waals surface area contributed by atoms with Crippen LogP contribution in [-0.4, -0.2) is 9.97 Å². The predicted molar refractivity (Wildman–Crippen MR) is 208 cm³/mol. The van der Waals surface area contributed by atoms with Crippen LogP contribution in [0.25, 0.3) is 33.9 Å². The van der Waals surface area contributed by atoms with Crippen molar-refractivity contribution >= 4 is 28.8 Å². The lowest BCUT2D eigenvalue weighted by molar-refractivity contribution is 0.521. The third-order valence-electron chi connectivity index (χ3n) is 10.5. The van der Waals surface area contributed by atoms with E-state index in [9.17, 15) is 0 Å². The Bertz CT molecular complexity index is 2310. The van der Waals surface area contributed by atoms with Crippen molar-refractivity contribution < 1.29 is 0 Å². The van der Waals surface area contributed by atoms with Crippen molar-refractivity contribution in [3.63, 3.8) is 0 Å². The molecule has 0 fully saturated rings. The van der Waals surface area contributed by atoms with Gasteiger partial charge in [0.25, 0.3) is 0 Å². The van der Waals surface area contributed by atoms with Crippen molar-refractivity contribution in [2.24, 2.45) is 0 Å². The highest BCUT2D eigenvalue weighted by atomic mass is 32.2. The Morgan fingerprint density at radius 2 is 0.920 bits per heavy atom. The van der Waals surface area contributed by atoms with Crippen molar-refractivity contribution in [2.75, 3.05) is 4.90 Å². The van der Waals surface area contributed by atoms with Gasteiger partial charge < -0.3 is 4.90 Å². The molecule has 0 saturated carbocycles. The Hall–Kier alpha value is -5.45. The zero-order valence-corrected chi connectivity index (χ0v) is 29.5. The van der Waals surface area contributed by atoms with Crippen LogP contribution in [0.3, 0.4) is 0 Å². The van der Waals surface area contributed by atoms with Gasteiger partial charge in [-0.2, -0.15) is 0 Å². The summed E-state index contributed by atoms with van der Waals surface area (Å²) in [4.78, 5) is 15.3. The van der Waals surface area contributed by atoms with Crippen LogP contribution < -0.4 is 4.90 Å². The molecule has 0 N–H and O–H groups in total. The predicted octanol–water partition coefficient (Wildman–Crippen LogP) is 12.4. The van der Waals surface area contributed by atoms with Gasteiger partial charge in [0, 0.05) is 43.0 Å². The quantitative estimate of drug-likeness (QED) is 0.187. The molecule has 1 aromatic heterocycles. The molecule has 0 bridgehead atoms. The fourth-order valence-corrected chi connectivity index (χ4v) is 8.90. The van der Waals surface area contributed by atoms with Crippen LogP contribution in [-0.2, 0) is 10.8 Å². The van der Waals surface area contributed by atoms with Gasteiger partial charge in [-0.1, -0.05) is 143 Å². The van der Waals surface area contributed by atoms with E-state index in [1.54, 1.807) is 0 Å². The van der Waals surface area contributed by atoms with E-state index in [1.807, 2.05) is 23.9 Å². The third-order valence-corrected chi connectivity index (χ3v) is 11.7. The van der Waals surface area contributed by atoms with Gasteiger partial charge in [0.15, 0.2) is 5.82 Å². The minimum absolute atomic E-state index is 0.222. The van der Waals surface area contributed by atoms with Gasteiger partial charge in [-0.3, -0.25) is 0 Å². The summed E-state index contributed by atoms with van der Waals surface area (Å²) < 4.78 is 0. The SMILES string of the molecule is CC1(C)c2ccc(N3c4ccccc4Sc4ccccc43)cc2C(C)(C)c2ccc(-c3nc(-c4ccccc4)cc(-c4ccccc4)n3)cc21. The van der Waals surface area contributed by atoms with Crippen LogP contribution in [0.2, 0.25) is 0 Å². The minimum atomic E-state index is -0.235. The second kappa shape index (κ2) is 11.6. The highest BCUT2D eigenvalue weighted by molar-refractivity contribution is 7.99. The molecule has 2 aliphatic rings. The molecular weight excluding hydrogens is 627 g/mol. The summed E-state index contributed by atoms with van der Waals surface area (Å²) in [5.41, 5.74) is 13.6. The normalized spacial score (nSPS) is 15.0. The molecule has 242 valence electrons. The van der Waals surface area contributed by atoms with Gasteiger partial charge in [0.2, 0.25) is 0 Å². The summed E-state index contributed by atoms with van der Waals surface area (Å²) in [7, 11) is 0. The molecule has 0 spiro atoms. The molecule has 50 heavy (non-hydrogen) atoms. The van der Waals surface area contributed by atoms with Crippen LogP contribution in [0.15, 0.2) is 161 Å². The number of hydrogen-bond acceptors (Lipinski definition) is 4. The standard InChI is InChI=1S/C46H37N3S/c1-45(2)35-26-24-33(49-40-19-11-13-21-42(40)50-43-22-14-12-20-41(43)49)28-37(35)46(3,4)34-25-23-32(27-36(34)45)44-47-38(30-15-7-5-8-16-30)29-39(48-44)31-17-9-6-10-18-31/h5-29H,1-4H3. The number of benzene rings is 6. The fourth-order valence-electron chi connectivity index (χ4n) is 7.84. The molecule has 0 radical (unpaired) electrons. The van der Waals surface area contributed by atoms with Crippen molar-refractivity contribution in [1.29, 1.82) is 0 Å². The van der Waals surface area contributed by atoms with Gasteiger partial charge >= 0.3 is 0 Å². The highest BCUT2D eigenvalue weighted by Crippen LogP contribution is 2.55. The van der Waals surface area contributed by atoms with E-state index in [0.717, 1.165) is 33.9 Å². The lowest BCUT2D eigenvalue weighted by atomic mass is 9.59. The molecule has 1 aliphatic heterocycles. The van der Waals surface area contributed by atoms with E-state index in [-0.39, 0.29) is 10.8 Å². The first-order valence-electron chi connectivity index (χ1n) is 17.3. The number of para-hydroxylation sites is 2. The van der Waals surface area contributed by atoms with Gasteiger partial charge in [-0.05, 0) is 70.8 Å². The average molecular weight is 664 g/mol. The van der Waals surface area contributed by atoms with Crippen LogP contribution in [0.5, 0.6) is 0 Å². The van der Waals surface area contributed by atoms with E-state index < -0.39 is 0 Å². The highest BCUT2D eigenvalue weighted by Gasteiger charge is 2.42. The number of hydrogen-bond donors (Lipinski definition) is 0. The third kappa shape index (κ3) is 4.89. The first kappa shape index (κ1) is 30.6. The number of fused-ring (bicyclic) bond motifs is 4. The molecule has 7 aromatic rings. The first-order chi connectivity index (χ1) is 24.3. The fraction of sp³-hybridized carbons (Fsp3) is 0.130. The van der Waals surface area contributed by atoms with Crippen LogP contribution in [0, 0.1) is 0 Å². The van der Waals surface area contributed by atoms with Crippen molar-refractivity contribution in [2.45, 2.75) is 48.3 Å². The molecule has 1 aliphatic carbocycles. The first-order valence-corrected chi connectivity index (χ1v) is 18.1. The number of anilines is 3. The van der Waals surface area contributed by atoms with Crippen LogP contribution >= 0.6 is 11.8 Å². The number of aromatic nitrogens is 2. The zero-order chi connectivity index (χ0) is 34.0. The second-order valence-electron chi connectivity index (χ2n) is 14.3. The monoisotopic (exact) mass is 663 g/mol. The van der Waals surface area contributed by atoms with Crippen molar-refractivity contribution in [1.82, 2.24) is 9.97 Å². The van der Waals surface area contributed by atoms with Crippen molar-refractivity contribution in [3.05, 3.63) is 174 Å². The molecule has 0 saturated heterocycles. The molecule has 0 atom stereocenters. The number of nitrogens with zero attached hydrogens (tertiary/aromatic N) is 3. The summed E-state index contributed by atoms with van der Waals surface area (Å²) in [6, 6.07) is 54.4. The lowest BCUT2D eigenvalue weighted by Gasteiger charge is -2.45. The van der Waals surface area contributed by atoms with E-state index >= 15 is 0 Å². The summed E-state index contributed by atoms with van der Waals surface area (Å²) in [6.45, 7) is 9.47. The molecule has 9 rings (SSSR count). The topological polar surface area (TPSA) is 29.0 Å². The molecular formula is C46H37N3S. The van der Waals surface area contributed by atoms with Gasteiger partial charge in [-0.15, -0.1) is 0 Å². The lowest BCUT2D eigenvalue weighted by Crippen LogP contribution is -2.36. The molecule has 3 nitrogen and oxygen atoms in total. The Morgan fingerprint density at radius 1 is 0.440 bits per heavy atom. The second-order valence-corrected chi connectivity index (χ2v) is 15.4. The van der Waals surface area contributed by atoms with Gasteiger partial charge in [-0.25, -0.2) is 9.97 Å². The molecule has 0 unspecified atom stereocenters. The van der Waals surface area contributed by atoms with Crippen molar-refractivity contribution in [3.8, 4) is 33.9 Å². The summed E-state index contributed by atoms with van der Waals surface area (Å²) in [5, 5.41) is 0. The molecule has 0 amide bonds. The summed E-state index contributed by atoms with van der Waals surface area (Å²) in [5.74, 6) is 0.739. The van der Waals surface area contributed by atoms with Gasteiger partial charge in [0.1, 0.15) is 0 Å². The van der Waals surface area contributed by atoms with Crippen LogP contribution in [0.4, 0.5) is 17.1 Å². The molecule has 2 heterocycles. The maximum absolute atomic E-state index is 5.16. The molecule has 4 heteroatoms. The summed E-state index contributed by atoms with van der Waals surface area (Å²) >= 11 is 1.85. The van der Waals surface area contributed by atoms with Crippen LogP contribution in [0.1, 0.15) is 49.9 Å². The van der Waals surface area contributed by atoms with E-state index in [1.165, 1.54) is 49.1 Å². The molecule has 6 aromatic carbocycles. The Balaban J connectivity index is 1.17. The van der Waals surface area contributed by atoms with E-state index in [0.29, 0.717) is 0 Å². The van der Waals surface area contributed by atoms with E-state index in [2.05, 4.69) is 172 Å². The van der Waals surface area contributed by atoms with E-state index in [4.69, 9.17) is 9.97 Å². The summed E-state index contributed by atoms with van der Waals surface area (Å²) in [6.07, 6.45) is 0. The largest absolute Gasteiger partial charge is 0.308 e. The zero-order valence-electron chi connectivity index (χ0n) is 28.7. The Labute approximate surface area is 298 Å². The maximum atomic E-state index is 5.16.